The number of amides is 1. The Morgan fingerprint density at radius 1 is 1.41 bits per heavy atom. The van der Waals surface area contributed by atoms with Gasteiger partial charge in [0.1, 0.15) is 5.92 Å². The fourth-order valence-corrected chi connectivity index (χ4v) is 2.62. The van der Waals surface area contributed by atoms with Crippen LogP contribution in [0.2, 0.25) is 0 Å². The number of anilines is 1. The Morgan fingerprint density at radius 2 is 2.29 bits per heavy atom. The van der Waals surface area contributed by atoms with Gasteiger partial charge in [-0.25, -0.2) is 0 Å². The fourth-order valence-electron chi connectivity index (χ4n) is 1.93. The lowest BCUT2D eigenvalue weighted by molar-refractivity contribution is -0.116. The number of aromatic nitrogens is 1. The van der Waals surface area contributed by atoms with Crippen molar-refractivity contribution in [3.8, 4) is 0 Å². The van der Waals surface area contributed by atoms with E-state index >= 15 is 0 Å². The molecule has 1 unspecified atom stereocenters. The van der Waals surface area contributed by atoms with Gasteiger partial charge in [0, 0.05) is 6.20 Å². The second-order valence-electron chi connectivity index (χ2n) is 3.73. The molecule has 1 N–H and O–H groups in total. The van der Waals surface area contributed by atoms with Gasteiger partial charge in [0.25, 0.3) is 0 Å². The first-order valence-electron chi connectivity index (χ1n) is 5.10. The highest BCUT2D eigenvalue weighted by Crippen LogP contribution is 2.34. The van der Waals surface area contributed by atoms with Gasteiger partial charge < -0.3 is 5.32 Å². The Labute approximate surface area is 101 Å². The van der Waals surface area contributed by atoms with Gasteiger partial charge in [0.15, 0.2) is 5.78 Å². The number of thiophene rings is 1. The van der Waals surface area contributed by atoms with Crippen LogP contribution in [0.1, 0.15) is 21.2 Å². The molecule has 1 amide bonds. The number of Topliss-reactive ketones (excluding diaryl/α,β-unsaturated/α-hetero) is 1. The number of hydrogen-bond donors (Lipinski definition) is 1. The Kier molecular flexibility index (Phi) is 2.26. The molecular formula is C12H8N2O2S. The van der Waals surface area contributed by atoms with Gasteiger partial charge in [-0.2, -0.15) is 0 Å². The second kappa shape index (κ2) is 3.78. The molecule has 0 fully saturated rings. The van der Waals surface area contributed by atoms with E-state index in [-0.39, 0.29) is 11.7 Å². The number of fused-ring (bicyclic) bond motifs is 1. The van der Waals surface area contributed by atoms with Crippen molar-refractivity contribution in [1.82, 2.24) is 4.98 Å². The number of ketones is 1. The minimum Gasteiger partial charge on any atom is -0.324 e. The zero-order valence-electron chi connectivity index (χ0n) is 8.71. The molecule has 3 heterocycles. The summed E-state index contributed by atoms with van der Waals surface area (Å²) in [7, 11) is 0. The molecule has 0 aliphatic carbocycles. The first-order chi connectivity index (χ1) is 8.27. The summed E-state index contributed by atoms with van der Waals surface area (Å²) >= 11 is 1.35. The molecule has 5 heteroatoms. The van der Waals surface area contributed by atoms with Crippen LogP contribution in [0.25, 0.3) is 0 Å². The Hall–Kier alpha value is -2.01. The zero-order chi connectivity index (χ0) is 11.8. The fraction of sp³-hybridized carbons (Fsp3) is 0.0833. The molecular weight excluding hydrogens is 236 g/mol. The summed E-state index contributed by atoms with van der Waals surface area (Å²) in [5.41, 5.74) is 1.34. The summed E-state index contributed by atoms with van der Waals surface area (Å²) in [6.07, 6.45) is 3.16. The van der Waals surface area contributed by atoms with E-state index in [1.165, 1.54) is 11.3 Å². The lowest BCUT2D eigenvalue weighted by Crippen LogP contribution is -2.20. The molecule has 0 bridgehead atoms. The Balaban J connectivity index is 2.04. The van der Waals surface area contributed by atoms with Crippen LogP contribution in [0, 0.1) is 0 Å². The van der Waals surface area contributed by atoms with Crippen molar-refractivity contribution >= 4 is 28.7 Å². The van der Waals surface area contributed by atoms with Gasteiger partial charge in [-0.05, 0) is 23.1 Å². The minimum absolute atomic E-state index is 0.151. The maximum atomic E-state index is 12.2. The van der Waals surface area contributed by atoms with Crippen LogP contribution in [-0.2, 0) is 4.79 Å². The number of carbonyl (C=O) groups is 2. The van der Waals surface area contributed by atoms with Crippen LogP contribution in [0.15, 0.2) is 36.0 Å². The van der Waals surface area contributed by atoms with E-state index in [1.807, 2.05) is 5.38 Å². The van der Waals surface area contributed by atoms with Crippen LogP contribution in [0.5, 0.6) is 0 Å². The molecule has 2 aromatic rings. The molecule has 84 valence electrons. The van der Waals surface area contributed by atoms with E-state index < -0.39 is 5.92 Å². The van der Waals surface area contributed by atoms with Gasteiger partial charge in [0.2, 0.25) is 5.91 Å². The van der Waals surface area contributed by atoms with Crippen LogP contribution >= 0.6 is 11.3 Å². The van der Waals surface area contributed by atoms with Gasteiger partial charge in [-0.15, -0.1) is 11.3 Å². The highest BCUT2D eigenvalue weighted by molar-refractivity contribution is 7.12. The van der Waals surface area contributed by atoms with E-state index in [2.05, 4.69) is 10.3 Å². The predicted molar refractivity (Wildman–Crippen MR) is 64.3 cm³/mol. The summed E-state index contributed by atoms with van der Waals surface area (Å²) in [6, 6.07) is 5.25. The number of nitrogens with zero attached hydrogens (tertiary/aromatic N) is 1. The number of carbonyl (C=O) groups excluding carboxylic acids is 2. The van der Waals surface area contributed by atoms with Crippen molar-refractivity contribution in [2.24, 2.45) is 0 Å². The maximum absolute atomic E-state index is 12.2. The summed E-state index contributed by atoms with van der Waals surface area (Å²) in [6.45, 7) is 0. The van der Waals surface area contributed by atoms with Crippen LogP contribution in [-0.4, -0.2) is 16.7 Å². The van der Waals surface area contributed by atoms with Crippen molar-refractivity contribution in [2.75, 3.05) is 5.32 Å². The number of rotatable bonds is 2. The number of hydrogen-bond acceptors (Lipinski definition) is 4. The monoisotopic (exact) mass is 244 g/mol. The van der Waals surface area contributed by atoms with Crippen molar-refractivity contribution in [2.45, 2.75) is 5.92 Å². The van der Waals surface area contributed by atoms with E-state index in [1.54, 1.807) is 30.6 Å². The van der Waals surface area contributed by atoms with Gasteiger partial charge in [-0.1, -0.05) is 6.07 Å². The first-order valence-corrected chi connectivity index (χ1v) is 5.98. The van der Waals surface area contributed by atoms with Crippen molar-refractivity contribution < 1.29 is 9.59 Å². The molecule has 17 heavy (non-hydrogen) atoms. The topological polar surface area (TPSA) is 59.1 Å². The second-order valence-corrected chi connectivity index (χ2v) is 4.67. The predicted octanol–water partition coefficient (Wildman–Crippen LogP) is 2.06. The summed E-state index contributed by atoms with van der Waals surface area (Å²) in [5.74, 6) is -1.15. The molecule has 1 atom stereocenters. The summed E-state index contributed by atoms with van der Waals surface area (Å²) in [4.78, 5) is 28.6. The molecule has 4 nitrogen and oxygen atoms in total. The summed E-state index contributed by atoms with van der Waals surface area (Å²) in [5, 5.41) is 4.50. The minimum atomic E-state index is -0.730. The largest absolute Gasteiger partial charge is 0.324 e. The first kappa shape index (κ1) is 10.2. The maximum Gasteiger partial charge on any atom is 0.239 e. The smallest absolute Gasteiger partial charge is 0.239 e. The molecule has 0 saturated heterocycles. The molecule has 0 radical (unpaired) electrons. The molecule has 0 saturated carbocycles. The van der Waals surface area contributed by atoms with Crippen LogP contribution in [0.4, 0.5) is 5.69 Å². The number of nitrogens with one attached hydrogen (secondary N) is 1. The van der Waals surface area contributed by atoms with E-state index in [9.17, 15) is 9.59 Å². The van der Waals surface area contributed by atoms with Crippen LogP contribution < -0.4 is 5.32 Å². The Morgan fingerprint density at radius 3 is 3.06 bits per heavy atom. The highest BCUT2D eigenvalue weighted by atomic mass is 32.1. The molecule has 0 aromatic carbocycles. The normalized spacial score (nSPS) is 17.6. The van der Waals surface area contributed by atoms with Crippen molar-refractivity contribution in [3.05, 3.63) is 46.4 Å². The third-order valence-corrected chi connectivity index (χ3v) is 3.60. The quantitative estimate of drug-likeness (QED) is 0.649. The zero-order valence-corrected chi connectivity index (χ0v) is 9.53. The van der Waals surface area contributed by atoms with Crippen molar-refractivity contribution in [3.63, 3.8) is 0 Å². The molecule has 2 aromatic heterocycles. The average Bonchev–Trinajstić information content (AvgIpc) is 2.94. The van der Waals surface area contributed by atoms with Gasteiger partial charge >= 0.3 is 0 Å². The lowest BCUT2D eigenvalue weighted by Gasteiger charge is -2.05. The van der Waals surface area contributed by atoms with Crippen LogP contribution in [0.3, 0.4) is 0 Å². The number of pyridine rings is 1. The molecule has 1 aliphatic rings. The van der Waals surface area contributed by atoms with Gasteiger partial charge in [0.05, 0.1) is 16.8 Å². The summed E-state index contributed by atoms with van der Waals surface area (Å²) < 4.78 is 0. The molecule has 1 aliphatic heterocycles. The SMILES string of the molecule is O=C1Nc2cnccc2C1C(=O)c1cccs1. The van der Waals surface area contributed by atoms with E-state index in [4.69, 9.17) is 0 Å². The molecule has 0 spiro atoms. The molecule has 3 rings (SSSR count). The van der Waals surface area contributed by atoms with Crippen molar-refractivity contribution in [1.29, 1.82) is 0 Å². The lowest BCUT2D eigenvalue weighted by atomic mass is 9.96. The standard InChI is InChI=1S/C12H8N2O2S/c15-11(9-2-1-5-17-9)10-7-3-4-13-6-8(7)14-12(10)16/h1-6,10H,(H,14,16). The Bertz CT molecular complexity index is 592. The third-order valence-electron chi connectivity index (χ3n) is 2.71. The third kappa shape index (κ3) is 1.55. The average molecular weight is 244 g/mol. The highest BCUT2D eigenvalue weighted by Gasteiger charge is 2.37. The van der Waals surface area contributed by atoms with Gasteiger partial charge in [-0.3, -0.25) is 14.6 Å². The van der Waals surface area contributed by atoms with E-state index in [0.717, 1.165) is 0 Å². The van der Waals surface area contributed by atoms with E-state index in [0.29, 0.717) is 16.1 Å².